The first-order valence-corrected chi connectivity index (χ1v) is 10.5. The first-order chi connectivity index (χ1) is 14.9. The van der Waals surface area contributed by atoms with Crippen molar-refractivity contribution in [1.82, 2.24) is 9.80 Å². The topological polar surface area (TPSA) is 63.6 Å². The standard InChI is InChI=1S/C24H29N3O4/c1-26(2)13-8-14-29-25-22-19-12-11-18(30-23(28)27(3)4)15-21(19)31-24(16-20(22)24)17-9-6-5-7-10-17/h5-7,9-12,15,20H,8,13-14,16H2,1-4H3. The van der Waals surface area contributed by atoms with E-state index >= 15 is 0 Å². The fraction of sp³-hybridized carbons (Fsp3) is 0.417. The summed E-state index contributed by atoms with van der Waals surface area (Å²) < 4.78 is 11.9. The van der Waals surface area contributed by atoms with Gasteiger partial charge >= 0.3 is 6.09 Å². The van der Waals surface area contributed by atoms with Crippen molar-refractivity contribution in [2.24, 2.45) is 11.1 Å². The van der Waals surface area contributed by atoms with Gasteiger partial charge in [-0.3, -0.25) is 0 Å². The summed E-state index contributed by atoms with van der Waals surface area (Å²) in [5.74, 6) is 1.22. The lowest BCUT2D eigenvalue weighted by atomic mass is 9.95. The van der Waals surface area contributed by atoms with Gasteiger partial charge in [0.15, 0.2) is 0 Å². The van der Waals surface area contributed by atoms with Crippen molar-refractivity contribution in [1.29, 1.82) is 0 Å². The molecule has 0 N–H and O–H groups in total. The Balaban J connectivity index is 1.62. The molecule has 2 atom stereocenters. The second kappa shape index (κ2) is 8.59. The van der Waals surface area contributed by atoms with Crippen LogP contribution >= 0.6 is 0 Å². The minimum Gasteiger partial charge on any atom is -0.481 e. The van der Waals surface area contributed by atoms with Crippen LogP contribution in [0, 0.1) is 5.92 Å². The Hall–Kier alpha value is -3.06. The van der Waals surface area contributed by atoms with Crippen LogP contribution in [0.15, 0.2) is 53.7 Å². The number of carbonyl (C=O) groups is 1. The number of rotatable bonds is 7. The molecule has 164 valence electrons. The van der Waals surface area contributed by atoms with E-state index in [0.717, 1.165) is 36.2 Å². The third-order valence-corrected chi connectivity index (χ3v) is 5.60. The Morgan fingerprint density at radius 3 is 2.65 bits per heavy atom. The molecular formula is C24H29N3O4. The molecule has 31 heavy (non-hydrogen) atoms. The number of amides is 1. The Bertz CT molecular complexity index is 974. The average molecular weight is 424 g/mol. The van der Waals surface area contributed by atoms with E-state index in [4.69, 9.17) is 14.3 Å². The molecule has 1 amide bonds. The number of carbonyl (C=O) groups excluding carboxylic acids is 1. The van der Waals surface area contributed by atoms with E-state index < -0.39 is 11.7 Å². The minimum absolute atomic E-state index is 0.131. The Morgan fingerprint density at radius 1 is 1.16 bits per heavy atom. The Kier molecular flexibility index (Phi) is 5.87. The van der Waals surface area contributed by atoms with Gasteiger partial charge in [-0.2, -0.15) is 0 Å². The number of oxime groups is 1. The molecule has 2 aliphatic rings. The van der Waals surface area contributed by atoms with Crippen molar-refractivity contribution in [3.8, 4) is 11.5 Å². The maximum Gasteiger partial charge on any atom is 0.414 e. The van der Waals surface area contributed by atoms with Gasteiger partial charge in [-0.05, 0) is 38.2 Å². The summed E-state index contributed by atoms with van der Waals surface area (Å²) in [6.07, 6.45) is 1.30. The molecule has 1 saturated carbocycles. The third-order valence-electron chi connectivity index (χ3n) is 5.60. The molecule has 4 rings (SSSR count). The molecule has 1 aliphatic heterocycles. The predicted molar refractivity (Wildman–Crippen MR) is 119 cm³/mol. The normalized spacial score (nSPS) is 22.4. The maximum absolute atomic E-state index is 12.0. The van der Waals surface area contributed by atoms with Gasteiger partial charge < -0.3 is 24.1 Å². The largest absolute Gasteiger partial charge is 0.481 e. The summed E-state index contributed by atoms with van der Waals surface area (Å²) in [4.78, 5) is 21.2. The van der Waals surface area contributed by atoms with Crippen molar-refractivity contribution >= 4 is 11.8 Å². The molecule has 0 radical (unpaired) electrons. The number of hydrogen-bond donors (Lipinski definition) is 0. The second-order valence-electron chi connectivity index (χ2n) is 8.50. The van der Waals surface area contributed by atoms with Crippen molar-refractivity contribution in [2.45, 2.75) is 18.4 Å². The summed E-state index contributed by atoms with van der Waals surface area (Å²) in [6, 6.07) is 15.6. The van der Waals surface area contributed by atoms with Gasteiger partial charge in [0.2, 0.25) is 0 Å². The summed E-state index contributed by atoms with van der Waals surface area (Å²) >= 11 is 0. The van der Waals surface area contributed by atoms with Crippen LogP contribution in [0.25, 0.3) is 0 Å². The summed E-state index contributed by atoms with van der Waals surface area (Å²) in [5, 5.41) is 4.54. The number of ether oxygens (including phenoxy) is 2. The van der Waals surface area contributed by atoms with Crippen molar-refractivity contribution < 1.29 is 19.1 Å². The quantitative estimate of drug-likeness (QED) is 0.502. The van der Waals surface area contributed by atoms with E-state index in [1.54, 1.807) is 26.2 Å². The lowest BCUT2D eigenvalue weighted by Crippen LogP contribution is -2.29. The molecule has 0 spiro atoms. The zero-order valence-corrected chi connectivity index (χ0v) is 18.5. The highest BCUT2D eigenvalue weighted by atomic mass is 16.6. The van der Waals surface area contributed by atoms with E-state index in [9.17, 15) is 4.79 Å². The van der Waals surface area contributed by atoms with Gasteiger partial charge in [-0.25, -0.2) is 4.79 Å². The fourth-order valence-electron chi connectivity index (χ4n) is 3.88. The van der Waals surface area contributed by atoms with Crippen LogP contribution < -0.4 is 9.47 Å². The van der Waals surface area contributed by atoms with Gasteiger partial charge in [0.05, 0.1) is 11.6 Å². The van der Waals surface area contributed by atoms with E-state index in [1.807, 2.05) is 38.4 Å². The monoisotopic (exact) mass is 423 g/mol. The molecular weight excluding hydrogens is 394 g/mol. The fourth-order valence-corrected chi connectivity index (χ4v) is 3.88. The predicted octanol–water partition coefficient (Wildman–Crippen LogP) is 3.73. The highest BCUT2D eigenvalue weighted by Crippen LogP contribution is 2.60. The lowest BCUT2D eigenvalue weighted by molar-refractivity contribution is 0.129. The highest BCUT2D eigenvalue weighted by molar-refractivity contribution is 6.08. The number of hydrogen-bond acceptors (Lipinski definition) is 6. The van der Waals surface area contributed by atoms with Gasteiger partial charge in [0, 0.05) is 38.7 Å². The van der Waals surface area contributed by atoms with Gasteiger partial charge in [0.1, 0.15) is 23.7 Å². The van der Waals surface area contributed by atoms with Crippen molar-refractivity contribution in [3.05, 3.63) is 59.7 Å². The summed E-state index contributed by atoms with van der Waals surface area (Å²) in [6.45, 7) is 1.50. The van der Waals surface area contributed by atoms with Gasteiger partial charge in [-0.15, -0.1) is 0 Å². The van der Waals surface area contributed by atoms with Crippen LogP contribution in [-0.2, 0) is 10.4 Å². The number of benzene rings is 2. The number of fused-ring (bicyclic) bond motifs is 2. The molecule has 1 fully saturated rings. The van der Waals surface area contributed by atoms with Crippen LogP contribution in [0.4, 0.5) is 4.79 Å². The zero-order valence-electron chi connectivity index (χ0n) is 18.5. The smallest absolute Gasteiger partial charge is 0.414 e. The average Bonchev–Trinajstić information content (AvgIpc) is 3.48. The number of nitrogens with zero attached hydrogens (tertiary/aromatic N) is 3. The van der Waals surface area contributed by atoms with E-state index in [2.05, 4.69) is 22.2 Å². The molecule has 0 aromatic heterocycles. The minimum atomic E-state index is -0.454. The highest BCUT2D eigenvalue weighted by Gasteiger charge is 2.64. The van der Waals surface area contributed by atoms with Crippen LogP contribution in [0.5, 0.6) is 11.5 Å². The van der Waals surface area contributed by atoms with Crippen LogP contribution in [0.1, 0.15) is 24.0 Å². The maximum atomic E-state index is 12.0. The first kappa shape index (κ1) is 21.2. The SMILES string of the molecule is CN(C)CCCON=C1c2ccc(OC(=O)N(C)C)cc2OC2(c3ccccc3)CC12. The zero-order chi connectivity index (χ0) is 22.0. The van der Waals surface area contributed by atoms with Crippen LogP contribution in [0.2, 0.25) is 0 Å². The molecule has 1 aliphatic carbocycles. The molecule has 0 saturated heterocycles. The molecule has 2 aromatic carbocycles. The molecule has 2 unspecified atom stereocenters. The van der Waals surface area contributed by atoms with Crippen molar-refractivity contribution in [3.63, 3.8) is 0 Å². The molecule has 2 aromatic rings. The summed E-state index contributed by atoms with van der Waals surface area (Å²) in [7, 11) is 7.38. The first-order valence-electron chi connectivity index (χ1n) is 10.5. The molecule has 7 heteroatoms. The summed E-state index contributed by atoms with van der Waals surface area (Å²) in [5.41, 5.74) is 2.43. The van der Waals surface area contributed by atoms with Crippen LogP contribution in [-0.4, -0.2) is 62.9 Å². The second-order valence-corrected chi connectivity index (χ2v) is 8.50. The van der Waals surface area contributed by atoms with E-state index in [0.29, 0.717) is 18.1 Å². The molecule has 7 nitrogen and oxygen atoms in total. The molecule has 1 heterocycles. The third kappa shape index (κ3) is 4.37. The van der Waals surface area contributed by atoms with Crippen LogP contribution in [0.3, 0.4) is 0 Å². The van der Waals surface area contributed by atoms with Crippen molar-refractivity contribution in [2.75, 3.05) is 41.3 Å². The van der Waals surface area contributed by atoms with E-state index in [-0.39, 0.29) is 5.92 Å². The Labute approximate surface area is 183 Å². The molecule has 0 bridgehead atoms. The van der Waals surface area contributed by atoms with E-state index in [1.165, 1.54) is 4.90 Å². The van der Waals surface area contributed by atoms with Gasteiger partial charge in [0.25, 0.3) is 0 Å². The Morgan fingerprint density at radius 2 is 1.94 bits per heavy atom. The lowest BCUT2D eigenvalue weighted by Gasteiger charge is -2.28. The van der Waals surface area contributed by atoms with Gasteiger partial charge in [-0.1, -0.05) is 35.5 Å².